The van der Waals surface area contributed by atoms with Crippen molar-refractivity contribution in [1.82, 2.24) is 9.88 Å². The van der Waals surface area contributed by atoms with Crippen LogP contribution in [0.2, 0.25) is 0 Å². The molecular weight excluding hydrogens is 232 g/mol. The second-order valence-electron chi connectivity index (χ2n) is 4.49. The minimum absolute atomic E-state index is 0.0511. The summed E-state index contributed by atoms with van der Waals surface area (Å²) >= 11 is 1.57. The summed E-state index contributed by atoms with van der Waals surface area (Å²) in [6.07, 6.45) is 3.63. The summed E-state index contributed by atoms with van der Waals surface area (Å²) in [7, 11) is 0. The maximum absolute atomic E-state index is 12.3. The number of pyridine rings is 1. The third kappa shape index (κ3) is 3.46. The van der Waals surface area contributed by atoms with E-state index in [9.17, 15) is 4.79 Å². The lowest BCUT2D eigenvalue weighted by Gasteiger charge is -2.30. The molecule has 3 nitrogen and oxygen atoms in total. The Morgan fingerprint density at radius 2 is 1.82 bits per heavy atom. The largest absolute Gasteiger partial charge is 0.334 e. The van der Waals surface area contributed by atoms with Gasteiger partial charge in [0.15, 0.2) is 0 Å². The monoisotopic (exact) mass is 252 g/mol. The van der Waals surface area contributed by atoms with Crippen molar-refractivity contribution < 1.29 is 4.79 Å². The van der Waals surface area contributed by atoms with E-state index in [1.54, 1.807) is 18.0 Å². The summed E-state index contributed by atoms with van der Waals surface area (Å²) < 4.78 is 0. The molecular formula is C13H20N2OS. The highest BCUT2D eigenvalue weighted by Crippen LogP contribution is 2.15. The number of thioether (sulfide) groups is 1. The maximum Gasteiger partial charge on any atom is 0.255 e. The summed E-state index contributed by atoms with van der Waals surface area (Å²) in [4.78, 5) is 18.4. The Balaban J connectivity index is 2.93. The number of hydrogen-bond donors (Lipinski definition) is 0. The molecule has 1 aromatic rings. The molecule has 94 valence electrons. The number of carbonyl (C=O) groups excluding carboxylic acids is 1. The predicted molar refractivity (Wildman–Crippen MR) is 72.5 cm³/mol. The van der Waals surface area contributed by atoms with Gasteiger partial charge in [-0.1, -0.05) is 0 Å². The Hall–Kier alpha value is -1.03. The first-order valence-electron chi connectivity index (χ1n) is 5.80. The van der Waals surface area contributed by atoms with Crippen molar-refractivity contribution in [2.24, 2.45) is 0 Å². The van der Waals surface area contributed by atoms with Crippen LogP contribution >= 0.6 is 11.8 Å². The standard InChI is InChI=1S/C13H20N2OS/c1-9(2)15(10(3)4)13(16)11-6-7-12(17-5)14-8-11/h6-10H,1-5H3. The fourth-order valence-electron chi connectivity index (χ4n) is 1.84. The van der Waals surface area contributed by atoms with Gasteiger partial charge in [-0.25, -0.2) is 4.98 Å². The van der Waals surface area contributed by atoms with Crippen LogP contribution in [0.1, 0.15) is 38.1 Å². The van der Waals surface area contributed by atoms with E-state index in [1.807, 2.05) is 51.0 Å². The first kappa shape index (κ1) is 14.0. The molecule has 1 rings (SSSR count). The molecule has 0 aromatic carbocycles. The number of hydrogen-bond acceptors (Lipinski definition) is 3. The molecule has 0 saturated heterocycles. The molecule has 17 heavy (non-hydrogen) atoms. The quantitative estimate of drug-likeness (QED) is 0.772. The van der Waals surface area contributed by atoms with E-state index in [2.05, 4.69) is 4.98 Å². The zero-order valence-electron chi connectivity index (χ0n) is 11.1. The topological polar surface area (TPSA) is 33.2 Å². The summed E-state index contributed by atoms with van der Waals surface area (Å²) in [5.74, 6) is 0.0511. The molecule has 0 unspecified atom stereocenters. The molecule has 0 radical (unpaired) electrons. The van der Waals surface area contributed by atoms with E-state index in [-0.39, 0.29) is 18.0 Å². The minimum atomic E-state index is 0.0511. The predicted octanol–water partition coefficient (Wildman–Crippen LogP) is 3.06. The third-order valence-electron chi connectivity index (χ3n) is 2.54. The molecule has 0 aliphatic carbocycles. The Morgan fingerprint density at radius 3 is 2.18 bits per heavy atom. The normalized spacial score (nSPS) is 11.0. The molecule has 0 aliphatic heterocycles. The third-order valence-corrected chi connectivity index (χ3v) is 3.20. The number of nitrogens with zero attached hydrogens (tertiary/aromatic N) is 2. The Morgan fingerprint density at radius 1 is 1.24 bits per heavy atom. The van der Waals surface area contributed by atoms with Crippen molar-refractivity contribution in [2.45, 2.75) is 44.8 Å². The van der Waals surface area contributed by atoms with Crippen LogP contribution in [-0.4, -0.2) is 34.1 Å². The Labute approximate surface area is 108 Å². The van der Waals surface area contributed by atoms with E-state index in [1.165, 1.54) is 0 Å². The summed E-state index contributed by atoms with van der Waals surface area (Å²) in [5, 5.41) is 0.933. The molecule has 4 heteroatoms. The molecule has 0 spiro atoms. The van der Waals surface area contributed by atoms with Gasteiger partial charge >= 0.3 is 0 Å². The second-order valence-corrected chi connectivity index (χ2v) is 5.32. The smallest absolute Gasteiger partial charge is 0.255 e. The fourth-order valence-corrected chi connectivity index (χ4v) is 2.20. The molecule has 0 N–H and O–H groups in total. The minimum Gasteiger partial charge on any atom is -0.334 e. The average Bonchev–Trinajstić information content (AvgIpc) is 2.28. The van der Waals surface area contributed by atoms with E-state index >= 15 is 0 Å². The zero-order valence-corrected chi connectivity index (χ0v) is 11.9. The Kier molecular flexibility index (Phi) is 5.00. The highest BCUT2D eigenvalue weighted by molar-refractivity contribution is 7.98. The van der Waals surface area contributed by atoms with Crippen LogP contribution in [0.3, 0.4) is 0 Å². The van der Waals surface area contributed by atoms with Gasteiger partial charge in [-0.2, -0.15) is 0 Å². The van der Waals surface area contributed by atoms with Gasteiger partial charge in [0.2, 0.25) is 0 Å². The molecule has 1 amide bonds. The number of carbonyl (C=O) groups is 1. The van der Waals surface area contributed by atoms with Crippen molar-refractivity contribution in [1.29, 1.82) is 0 Å². The SMILES string of the molecule is CSc1ccc(C(=O)N(C(C)C)C(C)C)cn1. The highest BCUT2D eigenvalue weighted by atomic mass is 32.2. The van der Waals surface area contributed by atoms with Crippen LogP contribution in [-0.2, 0) is 0 Å². The van der Waals surface area contributed by atoms with Crippen molar-refractivity contribution in [3.8, 4) is 0 Å². The molecule has 1 heterocycles. The summed E-state index contributed by atoms with van der Waals surface area (Å²) in [6, 6.07) is 4.13. The lowest BCUT2D eigenvalue weighted by Crippen LogP contribution is -2.42. The van der Waals surface area contributed by atoms with Crippen LogP contribution < -0.4 is 0 Å². The fraction of sp³-hybridized carbons (Fsp3) is 0.538. The number of rotatable bonds is 4. The second kappa shape index (κ2) is 6.05. The highest BCUT2D eigenvalue weighted by Gasteiger charge is 2.21. The first-order valence-corrected chi connectivity index (χ1v) is 7.02. The van der Waals surface area contributed by atoms with Gasteiger partial charge < -0.3 is 4.90 Å². The van der Waals surface area contributed by atoms with Gasteiger partial charge in [0.25, 0.3) is 5.91 Å². The van der Waals surface area contributed by atoms with E-state index in [0.29, 0.717) is 5.56 Å². The van der Waals surface area contributed by atoms with Gasteiger partial charge in [-0.05, 0) is 46.1 Å². The van der Waals surface area contributed by atoms with Gasteiger partial charge in [0, 0.05) is 18.3 Å². The molecule has 0 atom stereocenters. The lowest BCUT2D eigenvalue weighted by atomic mass is 10.1. The van der Waals surface area contributed by atoms with Crippen molar-refractivity contribution >= 4 is 17.7 Å². The first-order chi connectivity index (χ1) is 7.97. The number of aromatic nitrogens is 1. The van der Waals surface area contributed by atoms with Crippen LogP contribution in [0, 0.1) is 0 Å². The lowest BCUT2D eigenvalue weighted by molar-refractivity contribution is 0.0643. The van der Waals surface area contributed by atoms with E-state index in [4.69, 9.17) is 0 Å². The van der Waals surface area contributed by atoms with Crippen LogP contribution in [0.4, 0.5) is 0 Å². The molecule has 0 saturated carbocycles. The Bertz CT molecular complexity index is 366. The van der Waals surface area contributed by atoms with Crippen LogP contribution in [0.5, 0.6) is 0 Å². The van der Waals surface area contributed by atoms with Gasteiger partial charge in [0.1, 0.15) is 0 Å². The molecule has 1 aromatic heterocycles. The molecule has 0 bridgehead atoms. The average molecular weight is 252 g/mol. The van der Waals surface area contributed by atoms with Crippen molar-refractivity contribution in [3.63, 3.8) is 0 Å². The van der Waals surface area contributed by atoms with Crippen molar-refractivity contribution in [2.75, 3.05) is 6.26 Å². The van der Waals surface area contributed by atoms with Gasteiger partial charge in [-0.3, -0.25) is 4.79 Å². The van der Waals surface area contributed by atoms with Crippen molar-refractivity contribution in [3.05, 3.63) is 23.9 Å². The van der Waals surface area contributed by atoms with E-state index < -0.39 is 0 Å². The van der Waals surface area contributed by atoms with Gasteiger partial charge in [-0.15, -0.1) is 11.8 Å². The zero-order chi connectivity index (χ0) is 13.0. The molecule has 0 fully saturated rings. The maximum atomic E-state index is 12.3. The van der Waals surface area contributed by atoms with E-state index in [0.717, 1.165) is 5.03 Å². The summed E-state index contributed by atoms with van der Waals surface area (Å²) in [6.45, 7) is 8.12. The summed E-state index contributed by atoms with van der Waals surface area (Å²) in [5.41, 5.74) is 0.658. The van der Waals surface area contributed by atoms with Crippen LogP contribution in [0.25, 0.3) is 0 Å². The van der Waals surface area contributed by atoms with Gasteiger partial charge in [0.05, 0.1) is 10.6 Å². The van der Waals surface area contributed by atoms with Crippen LogP contribution in [0.15, 0.2) is 23.4 Å². The molecule has 0 aliphatic rings. The number of amides is 1.